The quantitative estimate of drug-likeness (QED) is 0.488. The summed E-state index contributed by atoms with van der Waals surface area (Å²) in [4.78, 5) is 29.8. The number of thiazole rings is 1. The molecule has 7 nitrogen and oxygen atoms in total. The van der Waals surface area contributed by atoms with Crippen molar-refractivity contribution in [2.45, 2.75) is 25.4 Å². The van der Waals surface area contributed by atoms with Crippen molar-refractivity contribution >= 4 is 22.3 Å². The van der Waals surface area contributed by atoms with Gasteiger partial charge in [0.15, 0.2) is 10.7 Å². The van der Waals surface area contributed by atoms with Crippen molar-refractivity contribution < 1.29 is 9.53 Å². The van der Waals surface area contributed by atoms with Crippen LogP contribution in [0.1, 0.15) is 40.6 Å². The highest BCUT2D eigenvalue weighted by atomic mass is 32.1. The fraction of sp³-hybridized carbons (Fsp3) is 0.200. The number of rotatable bonds is 5. The van der Waals surface area contributed by atoms with Crippen molar-refractivity contribution in [3.8, 4) is 5.69 Å². The number of hydrogen-bond acceptors (Lipinski definition) is 6. The zero-order valence-corrected chi connectivity index (χ0v) is 15.6. The number of carbonyl (C=O) groups is 1. The lowest BCUT2D eigenvalue weighted by molar-refractivity contribution is 0.0457. The van der Waals surface area contributed by atoms with Gasteiger partial charge in [-0.3, -0.25) is 9.20 Å². The molecule has 0 N–H and O–H groups in total. The zero-order chi connectivity index (χ0) is 19.1. The number of nitrogens with zero attached hydrogens (tertiary/aromatic N) is 4. The average molecular weight is 392 g/mol. The molecule has 28 heavy (non-hydrogen) atoms. The number of benzene rings is 1. The lowest BCUT2D eigenvalue weighted by Crippen LogP contribution is -2.16. The van der Waals surface area contributed by atoms with E-state index in [1.54, 1.807) is 22.3 Å². The molecular weight excluding hydrogens is 376 g/mol. The average Bonchev–Trinajstić information content (AvgIpc) is 3.28. The van der Waals surface area contributed by atoms with Crippen molar-refractivity contribution in [1.82, 2.24) is 19.2 Å². The Kier molecular flexibility index (Phi) is 4.05. The van der Waals surface area contributed by atoms with Crippen LogP contribution >= 0.6 is 11.3 Å². The molecule has 0 spiro atoms. The van der Waals surface area contributed by atoms with Gasteiger partial charge < -0.3 is 4.74 Å². The highest BCUT2D eigenvalue weighted by Gasteiger charge is 2.29. The smallest absolute Gasteiger partial charge is 0.357 e. The van der Waals surface area contributed by atoms with Crippen molar-refractivity contribution in [1.29, 1.82) is 0 Å². The minimum Gasteiger partial charge on any atom is -0.454 e. The van der Waals surface area contributed by atoms with Crippen LogP contribution in [-0.2, 0) is 11.3 Å². The maximum Gasteiger partial charge on any atom is 0.357 e. The monoisotopic (exact) mass is 392 g/mol. The molecule has 0 aliphatic heterocycles. The summed E-state index contributed by atoms with van der Waals surface area (Å²) in [6.07, 6.45) is 3.85. The molecule has 140 valence electrons. The predicted octanol–water partition coefficient (Wildman–Crippen LogP) is 3.18. The Hall–Kier alpha value is -3.26. The maximum atomic E-state index is 12.8. The topological polar surface area (TPSA) is 78.5 Å². The SMILES string of the molecule is O=C(OCc1cc(=O)n2ccsc2n1)c1cc(C2CC2)nn1-c1ccccc1. The molecule has 0 bridgehead atoms. The molecule has 0 saturated heterocycles. The second-order valence-electron chi connectivity index (χ2n) is 6.69. The Morgan fingerprint density at radius 1 is 1.21 bits per heavy atom. The molecule has 0 radical (unpaired) electrons. The van der Waals surface area contributed by atoms with E-state index >= 15 is 0 Å². The number of aromatic nitrogens is 4. The first-order chi connectivity index (χ1) is 13.7. The minimum absolute atomic E-state index is 0.0682. The van der Waals surface area contributed by atoms with Gasteiger partial charge in [0.2, 0.25) is 0 Å². The third-order valence-corrected chi connectivity index (χ3v) is 5.40. The van der Waals surface area contributed by atoms with Crippen LogP contribution in [0.2, 0.25) is 0 Å². The summed E-state index contributed by atoms with van der Waals surface area (Å²) in [6.45, 7) is -0.0682. The van der Waals surface area contributed by atoms with Crippen LogP contribution in [0, 0.1) is 0 Å². The molecule has 3 heterocycles. The van der Waals surface area contributed by atoms with E-state index in [-0.39, 0.29) is 12.2 Å². The molecule has 1 aliphatic carbocycles. The van der Waals surface area contributed by atoms with Gasteiger partial charge in [-0.25, -0.2) is 14.5 Å². The highest BCUT2D eigenvalue weighted by Crippen LogP contribution is 2.39. The normalized spacial score (nSPS) is 13.7. The second kappa shape index (κ2) is 6.72. The molecule has 8 heteroatoms. The molecule has 4 aromatic rings. The van der Waals surface area contributed by atoms with Gasteiger partial charge in [0, 0.05) is 23.6 Å². The Morgan fingerprint density at radius 2 is 2.04 bits per heavy atom. The summed E-state index contributed by atoms with van der Waals surface area (Å²) < 4.78 is 8.55. The summed E-state index contributed by atoms with van der Waals surface area (Å²) in [5, 5.41) is 6.40. The molecule has 5 rings (SSSR count). The van der Waals surface area contributed by atoms with Crippen molar-refractivity contribution in [3.05, 3.63) is 81.5 Å². The molecular formula is C20H16N4O3S. The van der Waals surface area contributed by atoms with Crippen LogP contribution in [0.15, 0.2) is 58.8 Å². The lowest BCUT2D eigenvalue weighted by Gasteiger charge is -2.07. The first kappa shape index (κ1) is 16.9. The van der Waals surface area contributed by atoms with E-state index in [0.717, 1.165) is 24.2 Å². The highest BCUT2D eigenvalue weighted by molar-refractivity contribution is 7.15. The van der Waals surface area contributed by atoms with Gasteiger partial charge >= 0.3 is 5.97 Å². The van der Waals surface area contributed by atoms with Gasteiger partial charge in [0.25, 0.3) is 5.56 Å². The van der Waals surface area contributed by atoms with Gasteiger partial charge in [-0.2, -0.15) is 5.10 Å². The van der Waals surface area contributed by atoms with Gasteiger partial charge in [0.1, 0.15) is 6.61 Å². The summed E-state index contributed by atoms with van der Waals surface area (Å²) in [5.41, 5.74) is 2.32. The Balaban J connectivity index is 1.42. The van der Waals surface area contributed by atoms with Gasteiger partial charge in [0.05, 0.1) is 17.1 Å². The van der Waals surface area contributed by atoms with Gasteiger partial charge in [-0.05, 0) is 31.0 Å². The number of carbonyl (C=O) groups excluding carboxylic acids is 1. The van der Waals surface area contributed by atoms with Crippen LogP contribution in [-0.4, -0.2) is 25.1 Å². The lowest BCUT2D eigenvalue weighted by atomic mass is 10.2. The second-order valence-corrected chi connectivity index (χ2v) is 7.57. The van der Waals surface area contributed by atoms with Gasteiger partial charge in [-0.15, -0.1) is 11.3 Å². The zero-order valence-electron chi connectivity index (χ0n) is 14.8. The largest absolute Gasteiger partial charge is 0.454 e. The third-order valence-electron chi connectivity index (χ3n) is 4.64. The van der Waals surface area contributed by atoms with Crippen LogP contribution in [0.5, 0.6) is 0 Å². The number of fused-ring (bicyclic) bond motifs is 1. The summed E-state index contributed by atoms with van der Waals surface area (Å²) in [5.74, 6) is -0.0732. The molecule has 3 aromatic heterocycles. The van der Waals surface area contributed by atoms with Crippen LogP contribution < -0.4 is 5.56 Å². The van der Waals surface area contributed by atoms with E-state index < -0.39 is 5.97 Å². The molecule has 1 saturated carbocycles. The number of hydrogen-bond donors (Lipinski definition) is 0. The summed E-state index contributed by atoms with van der Waals surface area (Å²) in [7, 11) is 0. The van der Waals surface area contributed by atoms with Crippen LogP contribution in [0.3, 0.4) is 0 Å². The first-order valence-electron chi connectivity index (χ1n) is 8.97. The van der Waals surface area contributed by atoms with E-state index in [2.05, 4.69) is 10.1 Å². The predicted molar refractivity (Wildman–Crippen MR) is 104 cm³/mol. The van der Waals surface area contributed by atoms with Crippen molar-refractivity contribution in [2.24, 2.45) is 0 Å². The van der Waals surface area contributed by atoms with E-state index in [4.69, 9.17) is 4.74 Å². The molecule has 0 atom stereocenters. The molecule has 1 aromatic carbocycles. The minimum atomic E-state index is -0.489. The fourth-order valence-corrected chi connectivity index (χ4v) is 3.80. The molecule has 0 amide bonds. The Morgan fingerprint density at radius 3 is 2.82 bits per heavy atom. The Labute approximate surface area is 163 Å². The number of esters is 1. The van der Waals surface area contributed by atoms with Crippen molar-refractivity contribution in [2.75, 3.05) is 0 Å². The van der Waals surface area contributed by atoms with E-state index in [1.807, 2.05) is 30.3 Å². The van der Waals surface area contributed by atoms with E-state index in [1.165, 1.54) is 21.8 Å². The van der Waals surface area contributed by atoms with Crippen LogP contribution in [0.4, 0.5) is 0 Å². The maximum absolute atomic E-state index is 12.8. The molecule has 1 fully saturated rings. The van der Waals surface area contributed by atoms with E-state index in [9.17, 15) is 9.59 Å². The Bertz CT molecular complexity index is 1220. The summed E-state index contributed by atoms with van der Waals surface area (Å²) in [6, 6.07) is 12.7. The fourth-order valence-electron chi connectivity index (χ4n) is 3.06. The number of ether oxygens (including phenoxy) is 1. The van der Waals surface area contributed by atoms with Crippen molar-refractivity contribution in [3.63, 3.8) is 0 Å². The molecule has 1 aliphatic rings. The molecule has 0 unspecified atom stereocenters. The first-order valence-corrected chi connectivity index (χ1v) is 9.85. The number of para-hydroxylation sites is 1. The standard InChI is InChI=1S/C20H16N4O3S/c25-18-10-14(21-20-23(18)8-9-28-20)12-27-19(26)17-11-16(13-6-7-13)22-24(17)15-4-2-1-3-5-15/h1-5,8-11,13H,6-7,12H2. The third kappa shape index (κ3) is 3.11. The van der Waals surface area contributed by atoms with E-state index in [0.29, 0.717) is 22.3 Å². The van der Waals surface area contributed by atoms with Crippen LogP contribution in [0.25, 0.3) is 10.6 Å². The van der Waals surface area contributed by atoms with Gasteiger partial charge in [-0.1, -0.05) is 18.2 Å². The summed E-state index contributed by atoms with van der Waals surface area (Å²) >= 11 is 1.36.